The number of aromatic carboxylic acids is 1. The summed E-state index contributed by atoms with van der Waals surface area (Å²) in [4.78, 5) is 23.0. The molecule has 2 rings (SSSR count). The summed E-state index contributed by atoms with van der Waals surface area (Å²) in [5.74, 6) is -1.66. The predicted octanol–water partition coefficient (Wildman–Crippen LogP) is 0.265. The predicted molar refractivity (Wildman–Crippen MR) is 69.2 cm³/mol. The fourth-order valence-electron chi connectivity index (χ4n) is 1.80. The van der Waals surface area contributed by atoms with E-state index in [1.54, 1.807) is 10.9 Å². The highest BCUT2D eigenvalue weighted by atomic mass is 16.4. The third kappa shape index (κ3) is 2.68. The second-order valence-corrected chi connectivity index (χ2v) is 4.22. The lowest BCUT2D eigenvalue weighted by molar-refractivity contribution is 0.0690. The Hall–Kier alpha value is -2.64. The van der Waals surface area contributed by atoms with Crippen molar-refractivity contribution in [3.63, 3.8) is 0 Å². The van der Waals surface area contributed by atoms with Crippen molar-refractivity contribution in [3.05, 3.63) is 35.4 Å². The first-order valence-electron chi connectivity index (χ1n) is 6.07. The smallest absolute Gasteiger partial charge is 0.339 e. The van der Waals surface area contributed by atoms with Gasteiger partial charge in [0.1, 0.15) is 11.3 Å². The molecule has 2 heterocycles. The number of amides is 1. The van der Waals surface area contributed by atoms with Gasteiger partial charge in [-0.3, -0.25) is 14.2 Å². The monoisotopic (exact) mass is 277 g/mol. The summed E-state index contributed by atoms with van der Waals surface area (Å²) in [6.45, 7) is 2.99. The standard InChI is InChI=1S/C12H15N5O3/c1-3-17-7-8(5-15-17)4-13-11(18)10-9(12(19)20)6-14-16(10)2/h5-7H,3-4H2,1-2H3,(H,13,18)(H,19,20). The van der Waals surface area contributed by atoms with Crippen molar-refractivity contribution in [1.82, 2.24) is 24.9 Å². The summed E-state index contributed by atoms with van der Waals surface area (Å²) in [6.07, 6.45) is 4.64. The zero-order valence-corrected chi connectivity index (χ0v) is 11.2. The molecule has 0 saturated heterocycles. The van der Waals surface area contributed by atoms with Crippen molar-refractivity contribution in [1.29, 1.82) is 0 Å². The Labute approximate surface area is 115 Å². The van der Waals surface area contributed by atoms with Crippen LogP contribution in [0.4, 0.5) is 0 Å². The van der Waals surface area contributed by atoms with Crippen LogP contribution in [0.2, 0.25) is 0 Å². The number of carbonyl (C=O) groups is 2. The van der Waals surface area contributed by atoms with Gasteiger partial charge in [-0.25, -0.2) is 4.79 Å². The second kappa shape index (κ2) is 5.55. The van der Waals surface area contributed by atoms with Gasteiger partial charge in [-0.15, -0.1) is 0 Å². The number of nitrogens with zero attached hydrogens (tertiary/aromatic N) is 4. The average molecular weight is 277 g/mol. The number of hydrogen-bond acceptors (Lipinski definition) is 4. The van der Waals surface area contributed by atoms with E-state index in [9.17, 15) is 9.59 Å². The molecule has 0 aliphatic carbocycles. The maximum absolute atomic E-state index is 12.0. The van der Waals surface area contributed by atoms with Gasteiger partial charge < -0.3 is 10.4 Å². The Bertz CT molecular complexity index is 643. The highest BCUT2D eigenvalue weighted by Gasteiger charge is 2.21. The van der Waals surface area contributed by atoms with Crippen molar-refractivity contribution in [2.45, 2.75) is 20.0 Å². The maximum atomic E-state index is 12.0. The largest absolute Gasteiger partial charge is 0.478 e. The van der Waals surface area contributed by atoms with E-state index in [0.29, 0.717) is 0 Å². The van der Waals surface area contributed by atoms with Crippen LogP contribution in [0.25, 0.3) is 0 Å². The highest BCUT2D eigenvalue weighted by Crippen LogP contribution is 2.08. The molecule has 8 heteroatoms. The molecule has 8 nitrogen and oxygen atoms in total. The van der Waals surface area contributed by atoms with Crippen LogP contribution in [0.5, 0.6) is 0 Å². The first kappa shape index (κ1) is 13.8. The number of hydrogen-bond donors (Lipinski definition) is 2. The summed E-state index contributed by atoms with van der Waals surface area (Å²) in [5, 5.41) is 19.5. The molecular weight excluding hydrogens is 262 g/mol. The molecule has 2 aromatic rings. The highest BCUT2D eigenvalue weighted by molar-refractivity contribution is 6.03. The SMILES string of the molecule is CCn1cc(CNC(=O)c2c(C(=O)O)cnn2C)cn1. The van der Waals surface area contributed by atoms with Crippen LogP contribution in [0.3, 0.4) is 0 Å². The van der Waals surface area contributed by atoms with Crippen molar-refractivity contribution in [2.24, 2.45) is 7.05 Å². The number of carboxylic acid groups (broad SMARTS) is 1. The second-order valence-electron chi connectivity index (χ2n) is 4.22. The van der Waals surface area contributed by atoms with Crippen LogP contribution in [-0.2, 0) is 20.1 Å². The molecule has 106 valence electrons. The van der Waals surface area contributed by atoms with Gasteiger partial charge >= 0.3 is 5.97 Å². The molecule has 0 aliphatic heterocycles. The summed E-state index contributed by atoms with van der Waals surface area (Å²) in [6, 6.07) is 0. The Morgan fingerprint density at radius 1 is 1.35 bits per heavy atom. The molecule has 0 fully saturated rings. The zero-order chi connectivity index (χ0) is 14.7. The molecule has 0 radical (unpaired) electrons. The van der Waals surface area contributed by atoms with Gasteiger partial charge in [0.2, 0.25) is 0 Å². The fraction of sp³-hybridized carbons (Fsp3) is 0.333. The molecular formula is C12H15N5O3. The third-order valence-corrected chi connectivity index (χ3v) is 2.85. The molecule has 1 amide bonds. The van der Waals surface area contributed by atoms with Gasteiger partial charge in [0.25, 0.3) is 5.91 Å². The number of aryl methyl sites for hydroxylation is 2. The quantitative estimate of drug-likeness (QED) is 0.816. The van der Waals surface area contributed by atoms with Gasteiger partial charge in [-0.1, -0.05) is 0 Å². The molecule has 0 saturated carbocycles. The number of rotatable bonds is 5. The van der Waals surface area contributed by atoms with Gasteiger partial charge in [-0.05, 0) is 6.92 Å². The lowest BCUT2D eigenvalue weighted by Crippen LogP contribution is -2.26. The molecule has 2 aromatic heterocycles. The topological polar surface area (TPSA) is 102 Å². The summed E-state index contributed by atoms with van der Waals surface area (Å²) in [5.41, 5.74) is 0.758. The van der Waals surface area contributed by atoms with Crippen LogP contribution in [-0.4, -0.2) is 36.5 Å². The Morgan fingerprint density at radius 2 is 2.10 bits per heavy atom. The van der Waals surface area contributed by atoms with Crippen molar-refractivity contribution in [3.8, 4) is 0 Å². The normalized spacial score (nSPS) is 10.5. The molecule has 0 aromatic carbocycles. The van der Waals surface area contributed by atoms with E-state index in [0.717, 1.165) is 18.3 Å². The molecule has 0 aliphatic rings. The molecule has 2 N–H and O–H groups in total. The number of carbonyl (C=O) groups excluding carboxylic acids is 1. The minimum absolute atomic E-state index is 0.0281. The Morgan fingerprint density at radius 3 is 2.70 bits per heavy atom. The number of carboxylic acids is 1. The van der Waals surface area contributed by atoms with E-state index < -0.39 is 11.9 Å². The van der Waals surface area contributed by atoms with Gasteiger partial charge in [0, 0.05) is 31.9 Å². The minimum Gasteiger partial charge on any atom is -0.478 e. The van der Waals surface area contributed by atoms with E-state index in [1.165, 1.54) is 11.7 Å². The van der Waals surface area contributed by atoms with Crippen LogP contribution in [0, 0.1) is 0 Å². The van der Waals surface area contributed by atoms with Crippen molar-refractivity contribution in [2.75, 3.05) is 0 Å². The minimum atomic E-state index is -1.18. The van der Waals surface area contributed by atoms with Crippen LogP contribution in [0.15, 0.2) is 18.6 Å². The fourth-order valence-corrected chi connectivity index (χ4v) is 1.80. The summed E-state index contributed by atoms with van der Waals surface area (Å²) in [7, 11) is 1.52. The maximum Gasteiger partial charge on any atom is 0.339 e. The number of aromatic nitrogens is 4. The summed E-state index contributed by atoms with van der Waals surface area (Å²) < 4.78 is 2.99. The molecule has 0 spiro atoms. The Balaban J connectivity index is 2.09. The van der Waals surface area contributed by atoms with E-state index in [4.69, 9.17) is 5.11 Å². The zero-order valence-electron chi connectivity index (χ0n) is 11.2. The summed E-state index contributed by atoms with van der Waals surface area (Å²) >= 11 is 0. The van der Waals surface area contributed by atoms with E-state index in [1.807, 2.05) is 13.1 Å². The molecule has 0 unspecified atom stereocenters. The van der Waals surface area contributed by atoms with E-state index in [-0.39, 0.29) is 17.8 Å². The third-order valence-electron chi connectivity index (χ3n) is 2.85. The average Bonchev–Trinajstić information content (AvgIpc) is 3.02. The lowest BCUT2D eigenvalue weighted by atomic mass is 10.2. The molecule has 0 bridgehead atoms. The first-order valence-corrected chi connectivity index (χ1v) is 6.07. The van der Waals surface area contributed by atoms with Crippen LogP contribution < -0.4 is 5.32 Å². The van der Waals surface area contributed by atoms with Crippen LogP contribution in [0.1, 0.15) is 33.3 Å². The van der Waals surface area contributed by atoms with E-state index in [2.05, 4.69) is 15.5 Å². The van der Waals surface area contributed by atoms with Crippen molar-refractivity contribution >= 4 is 11.9 Å². The van der Waals surface area contributed by atoms with Gasteiger partial charge in [0.15, 0.2) is 0 Å². The Kier molecular flexibility index (Phi) is 3.83. The van der Waals surface area contributed by atoms with Crippen LogP contribution >= 0.6 is 0 Å². The van der Waals surface area contributed by atoms with Crippen molar-refractivity contribution < 1.29 is 14.7 Å². The van der Waals surface area contributed by atoms with Gasteiger partial charge in [0.05, 0.1) is 12.4 Å². The lowest BCUT2D eigenvalue weighted by Gasteiger charge is -2.05. The first-order chi connectivity index (χ1) is 9.52. The van der Waals surface area contributed by atoms with Gasteiger partial charge in [-0.2, -0.15) is 10.2 Å². The number of nitrogens with one attached hydrogen (secondary N) is 1. The van der Waals surface area contributed by atoms with E-state index >= 15 is 0 Å². The molecule has 0 atom stereocenters. The molecule has 20 heavy (non-hydrogen) atoms.